The molecule has 5 heteroatoms. The lowest BCUT2D eigenvalue weighted by Gasteiger charge is -2.29. The van der Waals surface area contributed by atoms with Crippen LogP contribution in [-0.4, -0.2) is 41.6 Å². The van der Waals surface area contributed by atoms with E-state index in [9.17, 15) is 9.59 Å². The largest absolute Gasteiger partial charge is 0.480 e. The number of carbonyl (C=O) groups is 2. The standard InChI is InChI=1S/C13H24N2O3/c1-13(2,3)10-5-4-7-15(8-6-10)12(18)14-9-11(16)17/h10H,4-9H2,1-3H3,(H,14,18)(H,16,17). The molecule has 1 aliphatic heterocycles. The van der Waals surface area contributed by atoms with Crippen molar-refractivity contribution in [3.63, 3.8) is 0 Å². The normalized spacial score (nSPS) is 21.3. The summed E-state index contributed by atoms with van der Waals surface area (Å²) < 4.78 is 0. The van der Waals surface area contributed by atoms with Crippen LogP contribution in [0.3, 0.4) is 0 Å². The number of hydrogen-bond donors (Lipinski definition) is 2. The molecule has 1 atom stereocenters. The van der Waals surface area contributed by atoms with E-state index in [0.29, 0.717) is 12.5 Å². The lowest BCUT2D eigenvalue weighted by atomic mass is 9.77. The summed E-state index contributed by atoms with van der Waals surface area (Å²) >= 11 is 0. The molecule has 0 spiro atoms. The number of likely N-dealkylation sites (tertiary alicyclic amines) is 1. The van der Waals surface area contributed by atoms with Gasteiger partial charge in [-0.3, -0.25) is 4.79 Å². The second kappa shape index (κ2) is 6.07. The van der Waals surface area contributed by atoms with Crippen LogP contribution in [0.4, 0.5) is 4.79 Å². The van der Waals surface area contributed by atoms with Gasteiger partial charge in [0.1, 0.15) is 6.54 Å². The summed E-state index contributed by atoms with van der Waals surface area (Å²) in [5, 5.41) is 11.0. The van der Waals surface area contributed by atoms with E-state index in [-0.39, 0.29) is 18.0 Å². The Morgan fingerprint density at radius 3 is 2.50 bits per heavy atom. The Balaban J connectivity index is 2.46. The van der Waals surface area contributed by atoms with E-state index in [4.69, 9.17) is 5.11 Å². The first-order valence-corrected chi connectivity index (χ1v) is 6.55. The number of aliphatic carboxylic acids is 1. The maximum Gasteiger partial charge on any atom is 0.323 e. The Morgan fingerprint density at radius 2 is 1.94 bits per heavy atom. The van der Waals surface area contributed by atoms with E-state index in [0.717, 1.165) is 25.8 Å². The van der Waals surface area contributed by atoms with E-state index in [1.54, 1.807) is 4.90 Å². The lowest BCUT2D eigenvalue weighted by molar-refractivity contribution is -0.135. The summed E-state index contributed by atoms with van der Waals surface area (Å²) in [7, 11) is 0. The second-order valence-corrected chi connectivity index (χ2v) is 6.03. The van der Waals surface area contributed by atoms with Gasteiger partial charge in [0.15, 0.2) is 0 Å². The van der Waals surface area contributed by atoms with Gasteiger partial charge in [-0.1, -0.05) is 20.8 Å². The monoisotopic (exact) mass is 256 g/mol. The molecule has 1 unspecified atom stereocenters. The molecule has 5 nitrogen and oxygen atoms in total. The molecule has 0 aromatic rings. The molecular weight excluding hydrogens is 232 g/mol. The molecule has 0 aliphatic carbocycles. The van der Waals surface area contributed by atoms with Gasteiger partial charge in [0.2, 0.25) is 0 Å². The number of nitrogens with zero attached hydrogens (tertiary/aromatic N) is 1. The van der Waals surface area contributed by atoms with Crippen molar-refractivity contribution in [2.24, 2.45) is 11.3 Å². The van der Waals surface area contributed by atoms with Crippen LogP contribution in [0.2, 0.25) is 0 Å². The van der Waals surface area contributed by atoms with E-state index in [2.05, 4.69) is 26.1 Å². The van der Waals surface area contributed by atoms with Gasteiger partial charge in [-0.15, -0.1) is 0 Å². The SMILES string of the molecule is CC(C)(C)C1CCCN(C(=O)NCC(=O)O)CC1. The van der Waals surface area contributed by atoms with Crippen LogP contribution in [0.15, 0.2) is 0 Å². The molecule has 104 valence electrons. The zero-order valence-corrected chi connectivity index (χ0v) is 11.5. The van der Waals surface area contributed by atoms with Gasteiger partial charge in [0, 0.05) is 13.1 Å². The zero-order chi connectivity index (χ0) is 13.8. The summed E-state index contributed by atoms with van der Waals surface area (Å²) in [5.41, 5.74) is 0.271. The lowest BCUT2D eigenvalue weighted by Crippen LogP contribution is -2.42. The van der Waals surface area contributed by atoms with Crippen LogP contribution in [0, 0.1) is 11.3 Å². The first-order chi connectivity index (χ1) is 8.30. The summed E-state index contributed by atoms with van der Waals surface area (Å²) in [6.07, 6.45) is 3.11. The van der Waals surface area contributed by atoms with E-state index in [1.165, 1.54) is 0 Å². The van der Waals surface area contributed by atoms with Gasteiger partial charge >= 0.3 is 12.0 Å². The van der Waals surface area contributed by atoms with Gasteiger partial charge in [-0.25, -0.2) is 4.79 Å². The average molecular weight is 256 g/mol. The first kappa shape index (κ1) is 14.8. The highest BCUT2D eigenvalue weighted by atomic mass is 16.4. The van der Waals surface area contributed by atoms with Crippen molar-refractivity contribution in [3.8, 4) is 0 Å². The fourth-order valence-corrected chi connectivity index (χ4v) is 2.43. The van der Waals surface area contributed by atoms with Crippen molar-refractivity contribution in [1.29, 1.82) is 0 Å². The topological polar surface area (TPSA) is 69.6 Å². The molecule has 0 radical (unpaired) electrons. The third kappa shape index (κ3) is 4.55. The number of amides is 2. The third-order valence-corrected chi connectivity index (χ3v) is 3.63. The smallest absolute Gasteiger partial charge is 0.323 e. The molecule has 1 fully saturated rings. The summed E-state index contributed by atoms with van der Waals surface area (Å²) in [5.74, 6) is -0.388. The molecule has 0 aromatic heterocycles. The highest BCUT2D eigenvalue weighted by Gasteiger charge is 2.28. The number of nitrogens with one attached hydrogen (secondary N) is 1. The van der Waals surface area contributed by atoms with E-state index in [1.807, 2.05) is 0 Å². The predicted molar refractivity (Wildman–Crippen MR) is 69.4 cm³/mol. The summed E-state index contributed by atoms with van der Waals surface area (Å²) in [6, 6.07) is -0.257. The van der Waals surface area contributed by atoms with Crippen LogP contribution in [0.1, 0.15) is 40.0 Å². The number of carboxylic acid groups (broad SMARTS) is 1. The minimum atomic E-state index is -1.01. The Kier molecular flexibility index (Phi) is 4.99. The first-order valence-electron chi connectivity index (χ1n) is 6.55. The number of rotatable bonds is 2. The van der Waals surface area contributed by atoms with Crippen molar-refractivity contribution < 1.29 is 14.7 Å². The van der Waals surface area contributed by atoms with E-state index < -0.39 is 5.97 Å². The minimum Gasteiger partial charge on any atom is -0.480 e. The number of carbonyl (C=O) groups excluding carboxylic acids is 1. The summed E-state index contributed by atoms with van der Waals surface area (Å²) in [4.78, 5) is 23.9. The van der Waals surface area contributed by atoms with Gasteiger partial charge < -0.3 is 15.3 Å². The van der Waals surface area contributed by atoms with Gasteiger partial charge in [0.05, 0.1) is 0 Å². The minimum absolute atomic E-state index is 0.257. The molecule has 2 amide bonds. The molecule has 2 N–H and O–H groups in total. The van der Waals surface area contributed by atoms with Crippen LogP contribution in [0.25, 0.3) is 0 Å². The molecule has 18 heavy (non-hydrogen) atoms. The fourth-order valence-electron chi connectivity index (χ4n) is 2.43. The average Bonchev–Trinajstić information content (AvgIpc) is 2.50. The van der Waals surface area contributed by atoms with Crippen LogP contribution < -0.4 is 5.32 Å². The number of carboxylic acids is 1. The molecule has 1 saturated heterocycles. The van der Waals surface area contributed by atoms with Gasteiger partial charge in [-0.05, 0) is 30.6 Å². The molecule has 0 saturated carbocycles. The Labute approximate surface area is 109 Å². The Bertz CT molecular complexity index is 310. The third-order valence-electron chi connectivity index (χ3n) is 3.63. The second-order valence-electron chi connectivity index (χ2n) is 6.03. The van der Waals surface area contributed by atoms with Crippen molar-refractivity contribution >= 4 is 12.0 Å². The van der Waals surface area contributed by atoms with Crippen molar-refractivity contribution in [1.82, 2.24) is 10.2 Å². The quantitative estimate of drug-likeness (QED) is 0.793. The van der Waals surface area contributed by atoms with Crippen molar-refractivity contribution in [2.75, 3.05) is 19.6 Å². The van der Waals surface area contributed by atoms with Crippen molar-refractivity contribution in [3.05, 3.63) is 0 Å². The highest BCUT2D eigenvalue weighted by Crippen LogP contribution is 2.34. The molecule has 0 aromatic carbocycles. The fraction of sp³-hybridized carbons (Fsp3) is 0.846. The Morgan fingerprint density at radius 1 is 1.28 bits per heavy atom. The predicted octanol–water partition coefficient (Wildman–Crippen LogP) is 1.93. The maximum absolute atomic E-state index is 11.8. The highest BCUT2D eigenvalue weighted by molar-refractivity contribution is 5.79. The van der Waals surface area contributed by atoms with Gasteiger partial charge in [0.25, 0.3) is 0 Å². The molecular formula is C13H24N2O3. The Hall–Kier alpha value is -1.26. The van der Waals surface area contributed by atoms with Crippen LogP contribution in [-0.2, 0) is 4.79 Å². The molecule has 1 rings (SSSR count). The number of hydrogen-bond acceptors (Lipinski definition) is 2. The zero-order valence-electron chi connectivity index (χ0n) is 11.5. The van der Waals surface area contributed by atoms with Crippen LogP contribution >= 0.6 is 0 Å². The van der Waals surface area contributed by atoms with E-state index >= 15 is 0 Å². The number of urea groups is 1. The van der Waals surface area contributed by atoms with Gasteiger partial charge in [-0.2, -0.15) is 0 Å². The molecule has 0 bridgehead atoms. The van der Waals surface area contributed by atoms with Crippen LogP contribution in [0.5, 0.6) is 0 Å². The molecule has 1 heterocycles. The molecule has 1 aliphatic rings. The van der Waals surface area contributed by atoms with Crippen molar-refractivity contribution in [2.45, 2.75) is 40.0 Å². The summed E-state index contributed by atoms with van der Waals surface area (Å²) in [6.45, 7) is 7.83. The maximum atomic E-state index is 11.8.